The summed E-state index contributed by atoms with van der Waals surface area (Å²) < 4.78 is 5.39. The third-order valence-electron chi connectivity index (χ3n) is 5.37. The van der Waals surface area contributed by atoms with Gasteiger partial charge in [-0.1, -0.05) is 59.2 Å². The molecule has 6 heteroatoms. The normalized spacial score (nSPS) is 17.2. The van der Waals surface area contributed by atoms with Gasteiger partial charge in [-0.2, -0.15) is 11.8 Å². The van der Waals surface area contributed by atoms with Crippen molar-refractivity contribution in [2.24, 2.45) is 0 Å². The van der Waals surface area contributed by atoms with Crippen molar-refractivity contribution in [3.8, 4) is 11.3 Å². The summed E-state index contributed by atoms with van der Waals surface area (Å²) in [6.07, 6.45) is 0.924. The van der Waals surface area contributed by atoms with Gasteiger partial charge in [0.25, 0.3) is 5.91 Å². The summed E-state index contributed by atoms with van der Waals surface area (Å²) in [5.74, 6) is 1.39. The summed E-state index contributed by atoms with van der Waals surface area (Å²) in [6, 6.07) is 15.9. The standard InChI is InChI=1S/C23H23ClN2O2S/c1-15-7-3-4-8-17(15)20-11-12-26(13-14-29-20)23(27)21-16(2)28-25-22(21)18-9-5-6-10-19(18)24/h3-10,20H,11-14H2,1-2H3/t20-/m0/s1. The lowest BCUT2D eigenvalue weighted by Gasteiger charge is -2.21. The fourth-order valence-electron chi connectivity index (χ4n) is 3.79. The first-order valence-electron chi connectivity index (χ1n) is 9.74. The predicted octanol–water partition coefficient (Wildman–Crippen LogP) is 5.93. The number of amides is 1. The van der Waals surface area contributed by atoms with Crippen molar-refractivity contribution in [2.45, 2.75) is 25.5 Å². The molecule has 2 heterocycles. The lowest BCUT2D eigenvalue weighted by Crippen LogP contribution is -2.33. The first-order chi connectivity index (χ1) is 14.1. The lowest BCUT2D eigenvalue weighted by molar-refractivity contribution is 0.0765. The number of carbonyl (C=O) groups is 1. The summed E-state index contributed by atoms with van der Waals surface area (Å²) in [7, 11) is 0. The zero-order valence-electron chi connectivity index (χ0n) is 16.5. The molecule has 2 aromatic carbocycles. The van der Waals surface area contributed by atoms with Crippen LogP contribution in [0.5, 0.6) is 0 Å². The van der Waals surface area contributed by atoms with Gasteiger partial charge in [-0.3, -0.25) is 4.79 Å². The molecule has 1 fully saturated rings. The number of aromatic nitrogens is 1. The number of halogens is 1. The Morgan fingerprint density at radius 1 is 1.14 bits per heavy atom. The van der Waals surface area contributed by atoms with Crippen LogP contribution in [0.4, 0.5) is 0 Å². The molecule has 1 aliphatic heterocycles. The molecular weight excluding hydrogens is 404 g/mol. The molecular formula is C23H23ClN2O2S. The second kappa shape index (κ2) is 8.64. The molecule has 0 aliphatic carbocycles. The average Bonchev–Trinajstić information content (AvgIpc) is 2.94. The molecule has 150 valence electrons. The molecule has 0 bridgehead atoms. The largest absolute Gasteiger partial charge is 0.360 e. The van der Waals surface area contributed by atoms with Crippen LogP contribution < -0.4 is 0 Å². The molecule has 0 spiro atoms. The quantitative estimate of drug-likeness (QED) is 0.520. The van der Waals surface area contributed by atoms with Crippen LogP contribution in [0.1, 0.15) is 38.9 Å². The van der Waals surface area contributed by atoms with E-state index in [0.29, 0.717) is 40.4 Å². The number of hydrogen-bond donors (Lipinski definition) is 0. The summed E-state index contributed by atoms with van der Waals surface area (Å²) >= 11 is 8.27. The van der Waals surface area contributed by atoms with Gasteiger partial charge in [0.1, 0.15) is 17.0 Å². The van der Waals surface area contributed by atoms with Gasteiger partial charge in [0.2, 0.25) is 0 Å². The van der Waals surface area contributed by atoms with E-state index in [-0.39, 0.29) is 5.91 Å². The second-order valence-corrected chi connectivity index (χ2v) is 8.96. The van der Waals surface area contributed by atoms with Gasteiger partial charge in [-0.25, -0.2) is 0 Å². The molecule has 29 heavy (non-hydrogen) atoms. The van der Waals surface area contributed by atoms with E-state index < -0.39 is 0 Å². The molecule has 1 atom stereocenters. The van der Waals surface area contributed by atoms with E-state index >= 15 is 0 Å². The zero-order valence-corrected chi connectivity index (χ0v) is 18.1. The number of aryl methyl sites for hydroxylation is 2. The van der Waals surface area contributed by atoms with Crippen LogP contribution >= 0.6 is 23.4 Å². The molecule has 1 amide bonds. The van der Waals surface area contributed by atoms with E-state index in [1.807, 2.05) is 34.9 Å². The molecule has 3 aromatic rings. The van der Waals surface area contributed by atoms with Crippen molar-refractivity contribution in [3.05, 3.63) is 76.0 Å². The number of rotatable bonds is 3. The molecule has 0 unspecified atom stereocenters. The number of carbonyl (C=O) groups excluding carboxylic acids is 1. The molecule has 1 aromatic heterocycles. The molecule has 1 saturated heterocycles. The maximum absolute atomic E-state index is 13.4. The Morgan fingerprint density at radius 2 is 1.90 bits per heavy atom. The van der Waals surface area contributed by atoms with Gasteiger partial charge in [0.15, 0.2) is 0 Å². The van der Waals surface area contributed by atoms with Gasteiger partial charge in [-0.05, 0) is 37.5 Å². The molecule has 4 nitrogen and oxygen atoms in total. The Labute approximate surface area is 180 Å². The Morgan fingerprint density at radius 3 is 2.69 bits per heavy atom. The minimum atomic E-state index is -0.0373. The Bertz CT molecular complexity index is 1030. The van der Waals surface area contributed by atoms with E-state index in [9.17, 15) is 4.79 Å². The first-order valence-corrected chi connectivity index (χ1v) is 11.2. The third kappa shape index (κ3) is 4.07. The monoisotopic (exact) mass is 426 g/mol. The maximum atomic E-state index is 13.4. The van der Waals surface area contributed by atoms with Crippen molar-refractivity contribution < 1.29 is 9.32 Å². The van der Waals surface area contributed by atoms with Gasteiger partial charge in [0, 0.05) is 29.7 Å². The number of thioether (sulfide) groups is 1. The topological polar surface area (TPSA) is 46.3 Å². The van der Waals surface area contributed by atoms with Crippen molar-refractivity contribution in [3.63, 3.8) is 0 Å². The summed E-state index contributed by atoms with van der Waals surface area (Å²) in [5, 5.41) is 5.11. The van der Waals surface area contributed by atoms with Gasteiger partial charge in [-0.15, -0.1) is 0 Å². The van der Waals surface area contributed by atoms with E-state index in [0.717, 1.165) is 17.7 Å². The van der Waals surface area contributed by atoms with E-state index in [1.54, 1.807) is 13.0 Å². The van der Waals surface area contributed by atoms with Crippen LogP contribution in [-0.4, -0.2) is 34.8 Å². The maximum Gasteiger partial charge on any atom is 0.259 e. The molecule has 0 saturated carbocycles. The highest BCUT2D eigenvalue weighted by atomic mass is 35.5. The zero-order chi connectivity index (χ0) is 20.4. The van der Waals surface area contributed by atoms with Crippen molar-refractivity contribution >= 4 is 29.3 Å². The molecule has 0 N–H and O–H groups in total. The van der Waals surface area contributed by atoms with Crippen LogP contribution in [-0.2, 0) is 0 Å². The fourth-order valence-corrected chi connectivity index (χ4v) is 5.34. The molecule has 1 aliphatic rings. The SMILES string of the molecule is Cc1ccccc1[C@@H]1CCN(C(=O)c2c(-c3ccccc3Cl)noc2C)CCS1. The summed E-state index contributed by atoms with van der Waals surface area (Å²) in [6.45, 7) is 5.35. The van der Waals surface area contributed by atoms with E-state index in [2.05, 4.69) is 36.3 Å². The average molecular weight is 427 g/mol. The Hall–Kier alpha value is -2.24. The summed E-state index contributed by atoms with van der Waals surface area (Å²) in [4.78, 5) is 15.3. The molecule has 4 rings (SSSR count). The van der Waals surface area contributed by atoms with Crippen LogP contribution in [0.25, 0.3) is 11.3 Å². The minimum absolute atomic E-state index is 0.0373. The van der Waals surface area contributed by atoms with Crippen molar-refractivity contribution in [1.82, 2.24) is 10.1 Å². The van der Waals surface area contributed by atoms with Crippen molar-refractivity contribution in [1.29, 1.82) is 0 Å². The smallest absolute Gasteiger partial charge is 0.259 e. The highest BCUT2D eigenvalue weighted by Crippen LogP contribution is 2.37. The van der Waals surface area contributed by atoms with E-state index in [4.69, 9.17) is 16.1 Å². The fraction of sp³-hybridized carbons (Fsp3) is 0.304. The van der Waals surface area contributed by atoms with Crippen LogP contribution in [0.2, 0.25) is 5.02 Å². The van der Waals surface area contributed by atoms with E-state index in [1.165, 1.54) is 11.1 Å². The number of hydrogen-bond acceptors (Lipinski definition) is 4. The van der Waals surface area contributed by atoms with Gasteiger partial charge < -0.3 is 9.42 Å². The van der Waals surface area contributed by atoms with Gasteiger partial charge >= 0.3 is 0 Å². The Balaban J connectivity index is 1.58. The Kier molecular flexibility index (Phi) is 5.97. The predicted molar refractivity (Wildman–Crippen MR) is 119 cm³/mol. The number of benzene rings is 2. The number of nitrogens with zero attached hydrogens (tertiary/aromatic N) is 2. The first kappa shape index (κ1) is 20.0. The minimum Gasteiger partial charge on any atom is -0.360 e. The van der Waals surface area contributed by atoms with Crippen LogP contribution in [0.3, 0.4) is 0 Å². The van der Waals surface area contributed by atoms with Crippen molar-refractivity contribution in [2.75, 3.05) is 18.8 Å². The van der Waals surface area contributed by atoms with Crippen LogP contribution in [0.15, 0.2) is 53.1 Å². The van der Waals surface area contributed by atoms with Crippen LogP contribution in [0, 0.1) is 13.8 Å². The lowest BCUT2D eigenvalue weighted by atomic mass is 10.0. The third-order valence-corrected chi connectivity index (χ3v) is 7.01. The summed E-state index contributed by atoms with van der Waals surface area (Å²) in [5.41, 5.74) is 4.42. The molecule has 0 radical (unpaired) electrons. The highest BCUT2D eigenvalue weighted by Gasteiger charge is 2.29. The van der Waals surface area contributed by atoms with Gasteiger partial charge in [0.05, 0.1) is 5.02 Å². The highest BCUT2D eigenvalue weighted by molar-refractivity contribution is 7.99. The second-order valence-electron chi connectivity index (χ2n) is 7.24.